The first kappa shape index (κ1) is 16.2. The van der Waals surface area contributed by atoms with E-state index in [1.165, 1.54) is 55.2 Å². The second-order valence-electron chi connectivity index (χ2n) is 5.72. The minimum Gasteiger partial charge on any atom is -0.310 e. The fraction of sp³-hybridized carbons (Fsp3) is 0.667. The van der Waals surface area contributed by atoms with E-state index in [2.05, 4.69) is 51.2 Å². The van der Waals surface area contributed by atoms with Gasteiger partial charge in [0.25, 0.3) is 0 Å². The molecular formula is C18H31N. The van der Waals surface area contributed by atoms with Crippen molar-refractivity contribution in [2.24, 2.45) is 0 Å². The summed E-state index contributed by atoms with van der Waals surface area (Å²) < 4.78 is 0. The van der Waals surface area contributed by atoms with Crippen LogP contribution in [0, 0.1) is 13.8 Å². The molecule has 0 aliphatic rings. The number of aryl methyl sites for hydroxylation is 2. The molecule has 0 amide bonds. The summed E-state index contributed by atoms with van der Waals surface area (Å²) in [6.45, 7) is 10.0. The van der Waals surface area contributed by atoms with Crippen molar-refractivity contribution in [2.45, 2.75) is 72.3 Å². The Labute approximate surface area is 119 Å². The zero-order valence-corrected chi connectivity index (χ0v) is 13.3. The zero-order valence-electron chi connectivity index (χ0n) is 13.3. The first-order valence-corrected chi connectivity index (χ1v) is 7.99. The van der Waals surface area contributed by atoms with Crippen LogP contribution in [0.25, 0.3) is 0 Å². The van der Waals surface area contributed by atoms with E-state index in [0.717, 1.165) is 6.54 Å². The highest BCUT2D eigenvalue weighted by molar-refractivity contribution is 5.32. The van der Waals surface area contributed by atoms with Gasteiger partial charge in [-0.05, 0) is 44.4 Å². The summed E-state index contributed by atoms with van der Waals surface area (Å²) in [5.41, 5.74) is 4.29. The second-order valence-corrected chi connectivity index (χ2v) is 5.72. The maximum absolute atomic E-state index is 3.72. The highest BCUT2D eigenvalue weighted by atomic mass is 14.9. The topological polar surface area (TPSA) is 12.0 Å². The SMILES string of the molecule is CCCCCCC(NCCC)c1ccc(C)cc1C. The molecule has 19 heavy (non-hydrogen) atoms. The predicted octanol–water partition coefficient (Wildman–Crippen LogP) is 5.31. The number of hydrogen-bond donors (Lipinski definition) is 1. The molecule has 1 unspecified atom stereocenters. The van der Waals surface area contributed by atoms with E-state index >= 15 is 0 Å². The summed E-state index contributed by atoms with van der Waals surface area (Å²) in [4.78, 5) is 0. The Morgan fingerprint density at radius 3 is 2.42 bits per heavy atom. The third kappa shape index (κ3) is 5.78. The average Bonchev–Trinajstić information content (AvgIpc) is 2.39. The Hall–Kier alpha value is -0.820. The minimum atomic E-state index is 0.539. The number of nitrogens with one attached hydrogen (secondary N) is 1. The predicted molar refractivity (Wildman–Crippen MR) is 85.7 cm³/mol. The van der Waals surface area contributed by atoms with Crippen LogP contribution in [0.2, 0.25) is 0 Å². The Bertz CT molecular complexity index is 357. The van der Waals surface area contributed by atoms with Gasteiger partial charge in [-0.25, -0.2) is 0 Å². The maximum Gasteiger partial charge on any atom is 0.0322 e. The van der Waals surface area contributed by atoms with E-state index in [0.29, 0.717) is 6.04 Å². The van der Waals surface area contributed by atoms with Crippen molar-refractivity contribution in [2.75, 3.05) is 6.54 Å². The van der Waals surface area contributed by atoms with E-state index in [1.807, 2.05) is 0 Å². The summed E-state index contributed by atoms with van der Waals surface area (Å²) in [6, 6.07) is 7.41. The Morgan fingerprint density at radius 2 is 1.79 bits per heavy atom. The minimum absolute atomic E-state index is 0.539. The highest BCUT2D eigenvalue weighted by Crippen LogP contribution is 2.24. The lowest BCUT2D eigenvalue weighted by molar-refractivity contribution is 0.469. The molecule has 0 spiro atoms. The molecule has 0 fully saturated rings. The van der Waals surface area contributed by atoms with Gasteiger partial charge in [0, 0.05) is 6.04 Å². The van der Waals surface area contributed by atoms with Crippen molar-refractivity contribution in [1.29, 1.82) is 0 Å². The Balaban J connectivity index is 2.66. The number of hydrogen-bond acceptors (Lipinski definition) is 1. The standard InChI is InChI=1S/C18H31N/c1-5-7-8-9-10-18(19-13-6-2)17-12-11-15(3)14-16(17)4/h11-12,14,18-19H,5-10,13H2,1-4H3. The van der Waals surface area contributed by atoms with Gasteiger partial charge in [0.2, 0.25) is 0 Å². The van der Waals surface area contributed by atoms with Gasteiger partial charge in [-0.1, -0.05) is 63.3 Å². The Morgan fingerprint density at radius 1 is 1.00 bits per heavy atom. The molecule has 0 aliphatic heterocycles. The third-order valence-corrected chi connectivity index (χ3v) is 3.79. The highest BCUT2D eigenvalue weighted by Gasteiger charge is 2.12. The van der Waals surface area contributed by atoms with E-state index in [-0.39, 0.29) is 0 Å². The van der Waals surface area contributed by atoms with Gasteiger partial charge in [0.05, 0.1) is 0 Å². The van der Waals surface area contributed by atoms with Crippen LogP contribution in [-0.4, -0.2) is 6.54 Å². The summed E-state index contributed by atoms with van der Waals surface area (Å²) in [5, 5.41) is 3.72. The van der Waals surface area contributed by atoms with Crippen molar-refractivity contribution in [3.63, 3.8) is 0 Å². The largest absolute Gasteiger partial charge is 0.310 e. The van der Waals surface area contributed by atoms with Crippen LogP contribution in [0.5, 0.6) is 0 Å². The van der Waals surface area contributed by atoms with Crippen LogP contribution in [0.4, 0.5) is 0 Å². The fourth-order valence-corrected chi connectivity index (χ4v) is 2.68. The molecule has 0 aliphatic carbocycles. The van der Waals surface area contributed by atoms with Gasteiger partial charge in [-0.3, -0.25) is 0 Å². The van der Waals surface area contributed by atoms with Gasteiger partial charge in [-0.15, -0.1) is 0 Å². The van der Waals surface area contributed by atoms with E-state index in [9.17, 15) is 0 Å². The van der Waals surface area contributed by atoms with Crippen molar-refractivity contribution in [3.8, 4) is 0 Å². The quantitative estimate of drug-likeness (QED) is 0.594. The van der Waals surface area contributed by atoms with Gasteiger partial charge < -0.3 is 5.32 Å². The van der Waals surface area contributed by atoms with Gasteiger partial charge in [-0.2, -0.15) is 0 Å². The maximum atomic E-state index is 3.72. The molecule has 1 rings (SSSR count). The van der Waals surface area contributed by atoms with Gasteiger partial charge in [0.15, 0.2) is 0 Å². The van der Waals surface area contributed by atoms with Crippen LogP contribution >= 0.6 is 0 Å². The second kappa shape index (κ2) is 9.14. The number of rotatable bonds is 9. The first-order chi connectivity index (χ1) is 9.19. The van der Waals surface area contributed by atoms with Crippen molar-refractivity contribution in [1.82, 2.24) is 5.32 Å². The smallest absolute Gasteiger partial charge is 0.0322 e. The van der Waals surface area contributed by atoms with Gasteiger partial charge >= 0.3 is 0 Å². The molecule has 0 saturated carbocycles. The van der Waals surface area contributed by atoms with E-state index < -0.39 is 0 Å². The van der Waals surface area contributed by atoms with E-state index in [1.54, 1.807) is 0 Å². The summed E-state index contributed by atoms with van der Waals surface area (Å²) in [7, 11) is 0. The lowest BCUT2D eigenvalue weighted by Gasteiger charge is -2.21. The molecule has 0 saturated heterocycles. The van der Waals surface area contributed by atoms with Crippen molar-refractivity contribution >= 4 is 0 Å². The van der Waals surface area contributed by atoms with Crippen LogP contribution in [0.1, 0.15) is 75.1 Å². The normalized spacial score (nSPS) is 12.6. The lowest BCUT2D eigenvalue weighted by Crippen LogP contribution is -2.23. The molecule has 1 nitrogen and oxygen atoms in total. The molecule has 0 bridgehead atoms. The molecule has 1 atom stereocenters. The third-order valence-electron chi connectivity index (χ3n) is 3.79. The monoisotopic (exact) mass is 261 g/mol. The molecule has 108 valence electrons. The average molecular weight is 261 g/mol. The number of benzene rings is 1. The summed E-state index contributed by atoms with van der Waals surface area (Å²) in [6.07, 6.45) is 7.86. The van der Waals surface area contributed by atoms with Crippen LogP contribution < -0.4 is 5.32 Å². The van der Waals surface area contributed by atoms with Crippen molar-refractivity contribution < 1.29 is 0 Å². The molecule has 0 radical (unpaired) electrons. The Kier molecular flexibility index (Phi) is 7.81. The van der Waals surface area contributed by atoms with Crippen LogP contribution in [-0.2, 0) is 0 Å². The number of unbranched alkanes of at least 4 members (excludes halogenated alkanes) is 3. The molecule has 1 heteroatoms. The molecule has 1 aromatic carbocycles. The van der Waals surface area contributed by atoms with Crippen molar-refractivity contribution in [3.05, 3.63) is 34.9 Å². The van der Waals surface area contributed by atoms with Gasteiger partial charge in [0.1, 0.15) is 0 Å². The van der Waals surface area contributed by atoms with E-state index in [4.69, 9.17) is 0 Å². The molecule has 1 aromatic rings. The molecular weight excluding hydrogens is 230 g/mol. The first-order valence-electron chi connectivity index (χ1n) is 7.99. The van der Waals surface area contributed by atoms with Crippen LogP contribution in [0.3, 0.4) is 0 Å². The zero-order chi connectivity index (χ0) is 14.1. The fourth-order valence-electron chi connectivity index (χ4n) is 2.68. The summed E-state index contributed by atoms with van der Waals surface area (Å²) in [5.74, 6) is 0. The molecule has 0 aromatic heterocycles. The van der Waals surface area contributed by atoms with Crippen LogP contribution in [0.15, 0.2) is 18.2 Å². The molecule has 1 N–H and O–H groups in total. The lowest BCUT2D eigenvalue weighted by atomic mass is 9.95. The molecule has 0 heterocycles. The summed E-state index contributed by atoms with van der Waals surface area (Å²) >= 11 is 0.